The molecular weight excluding hydrogens is 269 g/mol. The Morgan fingerprint density at radius 3 is 1.50 bits per heavy atom. The minimum atomic E-state index is -1.53. The first-order chi connectivity index (χ1) is 2.41. The molecule has 0 fully saturated rings. The summed E-state index contributed by atoms with van der Waals surface area (Å²) in [4.78, 5) is 0. The summed E-state index contributed by atoms with van der Waals surface area (Å²) in [6.45, 7) is 0. The molecule has 0 aromatic carbocycles. The maximum absolute atomic E-state index is 7.69. The van der Waals surface area contributed by atoms with E-state index in [9.17, 15) is 0 Å². The van der Waals surface area contributed by atoms with Gasteiger partial charge in [-0.1, -0.05) is 0 Å². The summed E-state index contributed by atoms with van der Waals surface area (Å²) >= 11 is -1.53. The normalized spacial score (nSPS) is 2.33. The Morgan fingerprint density at radius 2 is 1.50 bits per heavy atom. The molecule has 0 bridgehead atoms. The molecule has 0 aliphatic rings. The third kappa shape index (κ3) is 9.11. The van der Waals surface area contributed by atoms with Crippen molar-refractivity contribution in [2.24, 2.45) is 0 Å². The molecule has 0 atom stereocenters. The molecule has 0 rings (SSSR count). The third-order valence-corrected chi connectivity index (χ3v) is 1.39. The van der Waals surface area contributed by atoms with Crippen LogP contribution in [-0.4, -0.2) is 5.48 Å². The molecule has 0 spiro atoms. The fourth-order valence-electron chi connectivity index (χ4n) is 0.0354. The van der Waals surface area contributed by atoms with E-state index in [2.05, 4.69) is 0 Å². The van der Waals surface area contributed by atoms with E-state index in [0.717, 1.165) is 0 Å². The van der Waals surface area contributed by atoms with Crippen molar-refractivity contribution in [1.82, 2.24) is 0 Å². The second-order valence-corrected chi connectivity index (χ2v) is 4.33. The first kappa shape index (κ1) is 9.30. The number of rotatable bonds is 0. The fraction of sp³-hybridized carbons (Fsp3) is 0. The molecule has 0 saturated heterocycles. The monoisotopic (exact) mass is 272 g/mol. The fourth-order valence-corrected chi connectivity index (χ4v) is 0.310. The molecule has 0 aromatic heterocycles. The average molecular weight is 271 g/mol. The zero-order valence-corrected chi connectivity index (χ0v) is 8.60. The molecule has 0 radical (unpaired) electrons. The van der Waals surface area contributed by atoms with Gasteiger partial charge in [0.05, 0.1) is 0 Å². The Labute approximate surface area is 47.9 Å². The van der Waals surface area contributed by atoms with E-state index in [0.29, 0.717) is 0 Å². The molecular formula is C2H2HgN2O. The van der Waals surface area contributed by atoms with Gasteiger partial charge >= 0.3 is 42.3 Å². The maximum atomic E-state index is 7.69. The molecule has 6 heavy (non-hydrogen) atoms. The Balaban J connectivity index is 0. The third-order valence-electron chi connectivity index (χ3n) is 0.158. The first-order valence-electron chi connectivity index (χ1n) is 1.15. The van der Waals surface area contributed by atoms with Crippen molar-refractivity contribution in [2.75, 3.05) is 0 Å². The molecule has 3 nitrogen and oxygen atoms in total. The summed E-state index contributed by atoms with van der Waals surface area (Å²) in [6, 6.07) is 0. The van der Waals surface area contributed by atoms with Gasteiger partial charge in [0.2, 0.25) is 0 Å². The van der Waals surface area contributed by atoms with Crippen molar-refractivity contribution in [3.63, 3.8) is 0 Å². The topological polar surface area (TPSA) is 79.1 Å². The molecule has 0 aliphatic carbocycles. The van der Waals surface area contributed by atoms with Gasteiger partial charge in [0, 0.05) is 0 Å². The zero-order chi connectivity index (χ0) is 4.12. The first-order valence-corrected chi connectivity index (χ1v) is 6.65. The van der Waals surface area contributed by atoms with Crippen molar-refractivity contribution in [3.05, 3.63) is 0 Å². The molecule has 0 heterocycles. The van der Waals surface area contributed by atoms with E-state index in [1.165, 1.54) is 0 Å². The van der Waals surface area contributed by atoms with Crippen molar-refractivity contribution >= 4 is 0 Å². The largest absolute Gasteiger partial charge is 0.412 e. The number of hydrogen-bond acceptors (Lipinski definition) is 2. The van der Waals surface area contributed by atoms with E-state index in [1.807, 2.05) is 7.16 Å². The van der Waals surface area contributed by atoms with Gasteiger partial charge in [-0.25, -0.2) is 0 Å². The number of nitriles is 2. The SMILES string of the molecule is N#[C][Hg][C]#N.O. The van der Waals surface area contributed by atoms with Crippen LogP contribution in [0.3, 0.4) is 0 Å². The Bertz CT molecular complexity index is 76.7. The summed E-state index contributed by atoms with van der Waals surface area (Å²) in [5.74, 6) is 0. The Kier molecular flexibility index (Phi) is 13.7. The molecule has 0 aliphatic heterocycles. The van der Waals surface area contributed by atoms with Crippen molar-refractivity contribution in [1.29, 1.82) is 10.5 Å². The second kappa shape index (κ2) is 8.86. The van der Waals surface area contributed by atoms with E-state index in [4.69, 9.17) is 10.5 Å². The van der Waals surface area contributed by atoms with Gasteiger partial charge in [-0.2, -0.15) is 0 Å². The molecule has 0 aromatic rings. The minimum Gasteiger partial charge on any atom is -0.412 e. The van der Waals surface area contributed by atoms with Crippen LogP contribution in [-0.2, 0) is 24.6 Å². The maximum Gasteiger partial charge on any atom is -0.412 e. The van der Waals surface area contributed by atoms with E-state index in [-0.39, 0.29) is 5.48 Å². The summed E-state index contributed by atoms with van der Waals surface area (Å²) in [6.07, 6.45) is 0. The van der Waals surface area contributed by atoms with Crippen LogP contribution in [0.15, 0.2) is 0 Å². The molecule has 0 amide bonds. The standard InChI is InChI=1S/2CN.Hg.H2O/c2*1-2;;/h;;;1H2. The smallest absolute Gasteiger partial charge is 0.412 e. The van der Waals surface area contributed by atoms with E-state index >= 15 is 0 Å². The average Bonchev–Trinajstić information content (AvgIpc) is 1.41. The van der Waals surface area contributed by atoms with Gasteiger partial charge in [-0.3, -0.25) is 0 Å². The number of nitrogens with zero attached hydrogens (tertiary/aromatic N) is 2. The van der Waals surface area contributed by atoms with Gasteiger partial charge in [0.1, 0.15) is 0 Å². The summed E-state index contributed by atoms with van der Waals surface area (Å²) < 4.78 is 3.76. The van der Waals surface area contributed by atoms with E-state index in [1.54, 1.807) is 0 Å². The summed E-state index contributed by atoms with van der Waals surface area (Å²) in [7, 11) is 0. The van der Waals surface area contributed by atoms with Crippen molar-refractivity contribution in [2.45, 2.75) is 0 Å². The van der Waals surface area contributed by atoms with Crippen LogP contribution in [0.4, 0.5) is 0 Å². The molecule has 0 saturated carbocycles. The Hall–Kier alpha value is -0.125. The quantitative estimate of drug-likeness (QED) is 0.541. The second-order valence-electron chi connectivity index (χ2n) is 0.493. The Morgan fingerprint density at radius 1 is 1.17 bits per heavy atom. The summed E-state index contributed by atoms with van der Waals surface area (Å²) in [5, 5.41) is 15.4. The van der Waals surface area contributed by atoms with Crippen LogP contribution in [0.25, 0.3) is 0 Å². The number of hydrogen-bond donors (Lipinski definition) is 0. The van der Waals surface area contributed by atoms with Crippen LogP contribution < -0.4 is 0 Å². The van der Waals surface area contributed by atoms with Gasteiger partial charge < -0.3 is 5.48 Å². The van der Waals surface area contributed by atoms with Crippen molar-refractivity contribution in [3.8, 4) is 7.16 Å². The molecule has 4 heteroatoms. The van der Waals surface area contributed by atoms with Crippen molar-refractivity contribution < 1.29 is 30.1 Å². The molecule has 0 unspecified atom stereocenters. The van der Waals surface area contributed by atoms with Crippen LogP contribution in [0.2, 0.25) is 0 Å². The van der Waals surface area contributed by atoms with Crippen LogP contribution in [0.1, 0.15) is 0 Å². The van der Waals surface area contributed by atoms with Crippen LogP contribution in [0, 0.1) is 17.7 Å². The van der Waals surface area contributed by atoms with Crippen LogP contribution in [0.5, 0.6) is 0 Å². The predicted octanol–water partition coefficient (Wildman–Crippen LogP) is -0.794. The van der Waals surface area contributed by atoms with Gasteiger partial charge in [-0.05, 0) is 0 Å². The van der Waals surface area contributed by atoms with E-state index < -0.39 is 24.6 Å². The van der Waals surface area contributed by atoms with Gasteiger partial charge in [0.25, 0.3) is 0 Å². The van der Waals surface area contributed by atoms with Gasteiger partial charge in [0.15, 0.2) is 0 Å². The van der Waals surface area contributed by atoms with Crippen LogP contribution >= 0.6 is 0 Å². The van der Waals surface area contributed by atoms with Gasteiger partial charge in [-0.15, -0.1) is 0 Å². The zero-order valence-electron chi connectivity index (χ0n) is 3.10. The minimum absolute atomic E-state index is 0. The molecule has 28 valence electrons. The predicted molar refractivity (Wildman–Crippen MR) is 14.8 cm³/mol. The molecule has 2 N–H and O–H groups in total. The summed E-state index contributed by atoms with van der Waals surface area (Å²) in [5.41, 5.74) is 0.